The van der Waals surface area contributed by atoms with E-state index in [2.05, 4.69) is 37.2 Å². The van der Waals surface area contributed by atoms with Crippen molar-refractivity contribution in [3.63, 3.8) is 0 Å². The first-order chi connectivity index (χ1) is 15.6. The Balaban J connectivity index is 2.21. The van der Waals surface area contributed by atoms with Crippen LogP contribution in [0.3, 0.4) is 0 Å². The summed E-state index contributed by atoms with van der Waals surface area (Å²) in [5, 5.41) is 21.8. The monoisotopic (exact) mass is 582 g/mol. The Morgan fingerprint density at radius 2 is 1.82 bits per heavy atom. The van der Waals surface area contributed by atoms with Gasteiger partial charge in [-0.1, -0.05) is 28.9 Å². The number of nitrogens with one attached hydrogen (secondary N) is 2. The van der Waals surface area contributed by atoms with E-state index in [-0.39, 0.29) is 17.5 Å². The second-order valence-corrected chi connectivity index (χ2v) is 9.11. The number of amides is 2. The molecule has 0 aromatic heterocycles. The molecule has 0 radical (unpaired) electrons. The van der Waals surface area contributed by atoms with Crippen molar-refractivity contribution in [3.05, 3.63) is 68.6 Å². The van der Waals surface area contributed by atoms with Crippen molar-refractivity contribution >= 4 is 55.3 Å². The minimum absolute atomic E-state index is 0.0520. The minimum atomic E-state index is -0.810. The second-order valence-electron chi connectivity index (χ2n) is 7.34. The van der Waals surface area contributed by atoms with Gasteiger partial charge in [-0.15, -0.1) is 0 Å². The highest BCUT2D eigenvalue weighted by atomic mass is 79.9. The van der Waals surface area contributed by atoms with E-state index in [1.807, 2.05) is 6.92 Å². The summed E-state index contributed by atoms with van der Waals surface area (Å²) in [4.78, 5) is 35.2. The maximum atomic E-state index is 12.7. The van der Waals surface area contributed by atoms with E-state index in [0.29, 0.717) is 38.6 Å². The number of aromatic hydroxyl groups is 1. The van der Waals surface area contributed by atoms with E-state index in [0.717, 1.165) is 0 Å². The van der Waals surface area contributed by atoms with Gasteiger partial charge >= 0.3 is 6.09 Å². The van der Waals surface area contributed by atoms with Crippen LogP contribution in [0.15, 0.2) is 57.5 Å². The summed E-state index contributed by atoms with van der Waals surface area (Å²) < 4.78 is 6.83. The van der Waals surface area contributed by atoms with Gasteiger partial charge in [-0.3, -0.25) is 20.1 Å². The standard InChI is InChI=1S/C23H24Br2N2O6/c1-13(5-3-4-6-20(29)27-32)22(18-11-16(24)12-19(25)21(18)30)33-23(31)26-17-9-7-15(8-10-17)14(2)28/h4,6-13,22,30,32H,3,5H2,1-2H3,(H,26,31)(H,27,29)/b6-4+/t13-,22+/m0/s1. The zero-order chi connectivity index (χ0) is 24.5. The maximum absolute atomic E-state index is 12.7. The molecule has 176 valence electrons. The molecular formula is C23H24Br2N2O6. The van der Waals surface area contributed by atoms with Crippen molar-refractivity contribution in [2.45, 2.75) is 32.8 Å². The van der Waals surface area contributed by atoms with Crippen LogP contribution >= 0.6 is 31.9 Å². The number of rotatable bonds is 9. The van der Waals surface area contributed by atoms with E-state index in [1.54, 1.807) is 42.5 Å². The van der Waals surface area contributed by atoms with E-state index in [4.69, 9.17) is 9.94 Å². The van der Waals surface area contributed by atoms with Crippen LogP contribution in [0, 0.1) is 5.92 Å². The highest BCUT2D eigenvalue weighted by Gasteiger charge is 2.27. The number of Topliss-reactive ketones (excluding diaryl/α,β-unsaturated/α-hetero) is 1. The van der Waals surface area contributed by atoms with E-state index < -0.39 is 18.1 Å². The van der Waals surface area contributed by atoms with Crippen LogP contribution in [0.2, 0.25) is 0 Å². The predicted molar refractivity (Wildman–Crippen MR) is 130 cm³/mol. The zero-order valence-corrected chi connectivity index (χ0v) is 21.1. The van der Waals surface area contributed by atoms with Crippen LogP contribution in [0.25, 0.3) is 0 Å². The summed E-state index contributed by atoms with van der Waals surface area (Å²) in [7, 11) is 0. The van der Waals surface area contributed by atoms with Crippen LogP contribution in [0.4, 0.5) is 10.5 Å². The van der Waals surface area contributed by atoms with Crippen LogP contribution in [-0.4, -0.2) is 28.1 Å². The summed E-state index contributed by atoms with van der Waals surface area (Å²) in [5.41, 5.74) is 2.89. The van der Waals surface area contributed by atoms with Crippen LogP contribution in [0.1, 0.15) is 48.7 Å². The molecule has 0 fully saturated rings. The smallest absolute Gasteiger partial charge is 0.412 e. The highest BCUT2D eigenvalue weighted by Crippen LogP contribution is 2.40. The first kappa shape index (κ1) is 26.6. The third-order valence-electron chi connectivity index (χ3n) is 4.82. The lowest BCUT2D eigenvalue weighted by molar-refractivity contribution is -0.124. The van der Waals surface area contributed by atoms with Gasteiger partial charge in [-0.2, -0.15) is 0 Å². The topological polar surface area (TPSA) is 125 Å². The van der Waals surface area contributed by atoms with Crippen molar-refractivity contribution in [3.8, 4) is 5.75 Å². The second kappa shape index (κ2) is 12.5. The molecular weight excluding hydrogens is 560 g/mol. The fraction of sp³-hybridized carbons (Fsp3) is 0.261. The number of hydroxylamine groups is 1. The first-order valence-corrected chi connectivity index (χ1v) is 11.6. The maximum Gasteiger partial charge on any atom is 0.412 e. The molecule has 2 rings (SSSR count). The molecule has 2 aromatic rings. The number of benzene rings is 2. The Morgan fingerprint density at radius 3 is 2.42 bits per heavy atom. The predicted octanol–water partition coefficient (Wildman–Crippen LogP) is 5.89. The molecule has 0 aliphatic rings. The van der Waals surface area contributed by atoms with Crippen molar-refractivity contribution in [1.29, 1.82) is 0 Å². The average molecular weight is 584 g/mol. The molecule has 33 heavy (non-hydrogen) atoms. The molecule has 4 N–H and O–H groups in total. The number of phenolic OH excluding ortho intramolecular Hbond substituents is 1. The Labute approximate surface area is 208 Å². The van der Waals surface area contributed by atoms with Crippen molar-refractivity contribution in [2.75, 3.05) is 5.32 Å². The number of ether oxygens (including phenoxy) is 1. The fourth-order valence-corrected chi connectivity index (χ4v) is 4.34. The van der Waals surface area contributed by atoms with E-state index in [1.165, 1.54) is 18.5 Å². The largest absolute Gasteiger partial charge is 0.506 e. The molecule has 0 saturated heterocycles. The number of hydrogen-bond donors (Lipinski definition) is 4. The van der Waals surface area contributed by atoms with E-state index >= 15 is 0 Å². The summed E-state index contributed by atoms with van der Waals surface area (Å²) in [5.74, 6) is -1.02. The number of ketones is 1. The Hall–Kier alpha value is -2.69. The van der Waals surface area contributed by atoms with Gasteiger partial charge < -0.3 is 9.84 Å². The number of hydrogen-bond acceptors (Lipinski definition) is 6. The quantitative estimate of drug-likeness (QED) is 0.126. The fourth-order valence-electron chi connectivity index (χ4n) is 3.08. The minimum Gasteiger partial charge on any atom is -0.506 e. The van der Waals surface area contributed by atoms with Gasteiger partial charge in [0.2, 0.25) is 0 Å². The normalized spacial score (nSPS) is 12.8. The SMILES string of the molecule is CC(=O)c1ccc(NC(=O)O[C@@H](c2cc(Br)cc(Br)c2O)[C@@H](C)CC/C=C/C(=O)NO)cc1. The number of halogens is 2. The molecule has 0 spiro atoms. The van der Waals surface area contributed by atoms with Gasteiger partial charge in [0.1, 0.15) is 11.9 Å². The molecule has 2 aromatic carbocycles. The Kier molecular flexibility index (Phi) is 10.1. The van der Waals surface area contributed by atoms with Gasteiger partial charge in [0.15, 0.2) is 5.78 Å². The third-order valence-corrected chi connectivity index (χ3v) is 5.88. The summed E-state index contributed by atoms with van der Waals surface area (Å²) in [6, 6.07) is 9.74. The van der Waals surface area contributed by atoms with Crippen molar-refractivity contribution in [2.24, 2.45) is 5.92 Å². The molecule has 0 heterocycles. The number of anilines is 1. The average Bonchev–Trinajstić information content (AvgIpc) is 2.77. The molecule has 2 amide bonds. The van der Waals surface area contributed by atoms with Gasteiger partial charge in [-0.25, -0.2) is 10.3 Å². The van der Waals surface area contributed by atoms with E-state index in [9.17, 15) is 19.5 Å². The third kappa shape index (κ3) is 7.99. The van der Waals surface area contributed by atoms with Crippen molar-refractivity contribution in [1.82, 2.24) is 5.48 Å². The summed E-state index contributed by atoms with van der Waals surface area (Å²) in [6.07, 6.45) is 2.24. The number of phenols is 1. The van der Waals surface area contributed by atoms with Gasteiger partial charge in [0, 0.05) is 27.4 Å². The number of carbonyl (C=O) groups excluding carboxylic acids is 3. The first-order valence-electron chi connectivity index (χ1n) is 9.99. The summed E-state index contributed by atoms with van der Waals surface area (Å²) >= 11 is 6.68. The molecule has 8 nitrogen and oxygen atoms in total. The molecule has 0 aliphatic carbocycles. The van der Waals surface area contributed by atoms with Gasteiger partial charge in [-0.05, 0) is 78.0 Å². The van der Waals surface area contributed by atoms with Crippen LogP contribution in [0.5, 0.6) is 5.75 Å². The molecule has 0 unspecified atom stereocenters. The Bertz CT molecular complexity index is 1040. The lowest BCUT2D eigenvalue weighted by Crippen LogP contribution is -2.22. The summed E-state index contributed by atoms with van der Waals surface area (Å²) in [6.45, 7) is 3.31. The lowest BCUT2D eigenvalue weighted by Gasteiger charge is -2.26. The highest BCUT2D eigenvalue weighted by molar-refractivity contribution is 9.11. The van der Waals surface area contributed by atoms with Crippen LogP contribution in [-0.2, 0) is 9.53 Å². The molecule has 0 bridgehead atoms. The van der Waals surface area contributed by atoms with Crippen molar-refractivity contribution < 1.29 is 29.4 Å². The Morgan fingerprint density at radius 1 is 1.15 bits per heavy atom. The zero-order valence-electron chi connectivity index (χ0n) is 18.0. The molecule has 0 saturated carbocycles. The number of allylic oxidation sites excluding steroid dienone is 1. The lowest BCUT2D eigenvalue weighted by atomic mass is 9.92. The number of carbonyl (C=O) groups is 3. The van der Waals surface area contributed by atoms with Crippen LogP contribution < -0.4 is 10.8 Å². The molecule has 10 heteroatoms. The van der Waals surface area contributed by atoms with Gasteiger partial charge in [0.05, 0.1) is 4.47 Å². The van der Waals surface area contributed by atoms with Gasteiger partial charge in [0.25, 0.3) is 5.91 Å². The molecule has 0 aliphatic heterocycles. The molecule has 2 atom stereocenters.